The molecular formula is C14H18N2O3S. The lowest BCUT2D eigenvalue weighted by molar-refractivity contribution is 0.0603. The van der Waals surface area contributed by atoms with Crippen molar-refractivity contribution in [2.45, 2.75) is 19.8 Å². The van der Waals surface area contributed by atoms with Gasteiger partial charge >= 0.3 is 5.97 Å². The summed E-state index contributed by atoms with van der Waals surface area (Å²) < 4.78 is 4.75. The number of hydrogen-bond donors (Lipinski definition) is 2. The first-order valence-corrected chi connectivity index (χ1v) is 7.20. The second-order valence-corrected chi connectivity index (χ2v) is 6.01. The maximum atomic E-state index is 12.2. The third kappa shape index (κ3) is 2.85. The highest BCUT2D eigenvalue weighted by atomic mass is 32.1. The van der Waals surface area contributed by atoms with E-state index in [0.29, 0.717) is 16.4 Å². The summed E-state index contributed by atoms with van der Waals surface area (Å²) in [6.45, 7) is 6.18. The predicted octanol–water partition coefficient (Wildman–Crippen LogP) is 2.70. The number of Topliss-reactive ketones (excluding diaryl/α,β-unsaturated/α-hetero) is 1. The van der Waals surface area contributed by atoms with Crippen molar-refractivity contribution in [3.8, 4) is 0 Å². The molecule has 5 nitrogen and oxygen atoms in total. The molecule has 1 aliphatic rings. The Hall–Kier alpha value is -1.82. The van der Waals surface area contributed by atoms with Crippen LogP contribution in [0, 0.1) is 5.92 Å². The molecule has 0 bridgehead atoms. The van der Waals surface area contributed by atoms with E-state index in [1.165, 1.54) is 18.4 Å². The van der Waals surface area contributed by atoms with Gasteiger partial charge in [-0.3, -0.25) is 4.79 Å². The van der Waals surface area contributed by atoms with Gasteiger partial charge in [-0.05, 0) is 19.8 Å². The zero-order chi connectivity index (χ0) is 14.9. The number of rotatable bonds is 6. The summed E-state index contributed by atoms with van der Waals surface area (Å²) in [6.07, 6.45) is 1.80. The molecule has 1 aromatic rings. The summed E-state index contributed by atoms with van der Waals surface area (Å²) in [5.74, 6) is -0.436. The van der Waals surface area contributed by atoms with Crippen LogP contribution in [0.2, 0.25) is 0 Å². The molecule has 108 valence electrons. The van der Waals surface area contributed by atoms with E-state index in [0.717, 1.165) is 18.4 Å². The highest BCUT2D eigenvalue weighted by Gasteiger charge is 2.35. The number of methoxy groups -OCH3 is 1. The Bertz CT molecular complexity index is 573. The summed E-state index contributed by atoms with van der Waals surface area (Å²) in [5.41, 5.74) is 7.38. The lowest BCUT2D eigenvalue weighted by Crippen LogP contribution is -2.10. The minimum absolute atomic E-state index is 0.0287. The molecule has 1 fully saturated rings. The molecule has 1 saturated carbocycles. The number of carbonyl (C=O) groups excluding carboxylic acids is 2. The number of nitrogens with two attached hydrogens (primary N) is 1. The second kappa shape index (κ2) is 5.66. The van der Waals surface area contributed by atoms with Gasteiger partial charge in [0.1, 0.15) is 10.6 Å². The zero-order valence-corrected chi connectivity index (χ0v) is 12.4. The van der Waals surface area contributed by atoms with Crippen LogP contribution >= 0.6 is 11.3 Å². The first-order chi connectivity index (χ1) is 9.45. The van der Waals surface area contributed by atoms with Crippen molar-refractivity contribution in [2.75, 3.05) is 24.7 Å². The van der Waals surface area contributed by atoms with Crippen molar-refractivity contribution in [3.05, 3.63) is 22.6 Å². The maximum Gasteiger partial charge on any atom is 0.343 e. The van der Waals surface area contributed by atoms with Gasteiger partial charge in [0.25, 0.3) is 0 Å². The van der Waals surface area contributed by atoms with Gasteiger partial charge in [-0.2, -0.15) is 0 Å². The lowest BCUT2D eigenvalue weighted by atomic mass is 10.1. The molecule has 0 aromatic carbocycles. The van der Waals surface area contributed by atoms with Crippen LogP contribution in [0.4, 0.5) is 10.7 Å². The first-order valence-electron chi connectivity index (χ1n) is 6.38. The van der Waals surface area contributed by atoms with Crippen LogP contribution in [0.5, 0.6) is 0 Å². The molecule has 1 aliphatic carbocycles. The fourth-order valence-electron chi connectivity index (χ4n) is 1.82. The van der Waals surface area contributed by atoms with E-state index in [1.807, 2.05) is 6.92 Å². The molecule has 0 unspecified atom stereocenters. The Morgan fingerprint density at radius 1 is 1.50 bits per heavy atom. The number of hydrogen-bond acceptors (Lipinski definition) is 6. The van der Waals surface area contributed by atoms with Gasteiger partial charge in [0.2, 0.25) is 0 Å². The average molecular weight is 294 g/mol. The van der Waals surface area contributed by atoms with E-state index in [9.17, 15) is 9.59 Å². The number of nitrogen functional groups attached to an aromatic ring is 1. The van der Waals surface area contributed by atoms with Crippen molar-refractivity contribution in [1.82, 2.24) is 0 Å². The molecule has 0 radical (unpaired) electrons. The topological polar surface area (TPSA) is 81.4 Å². The zero-order valence-electron chi connectivity index (χ0n) is 11.6. The second-order valence-electron chi connectivity index (χ2n) is 4.99. The molecule has 1 aromatic heterocycles. The van der Waals surface area contributed by atoms with Crippen LogP contribution in [-0.4, -0.2) is 25.4 Å². The van der Waals surface area contributed by atoms with E-state index < -0.39 is 5.97 Å². The van der Waals surface area contributed by atoms with Crippen molar-refractivity contribution in [3.63, 3.8) is 0 Å². The van der Waals surface area contributed by atoms with E-state index in [-0.39, 0.29) is 23.0 Å². The summed E-state index contributed by atoms with van der Waals surface area (Å²) in [6, 6.07) is 0. The number of ether oxygens (including phenoxy) is 1. The summed E-state index contributed by atoms with van der Waals surface area (Å²) >= 11 is 1.22. The van der Waals surface area contributed by atoms with E-state index in [1.54, 1.807) is 0 Å². The highest BCUT2D eigenvalue weighted by Crippen LogP contribution is 2.42. The Morgan fingerprint density at radius 2 is 2.15 bits per heavy atom. The molecule has 0 spiro atoms. The van der Waals surface area contributed by atoms with Crippen molar-refractivity contribution >= 4 is 33.8 Å². The molecule has 0 saturated heterocycles. The minimum atomic E-state index is -0.530. The first kappa shape index (κ1) is 14.6. The van der Waals surface area contributed by atoms with Gasteiger partial charge in [-0.25, -0.2) is 4.79 Å². The summed E-state index contributed by atoms with van der Waals surface area (Å²) in [5, 5.41) is 3.66. The van der Waals surface area contributed by atoms with Crippen molar-refractivity contribution in [1.29, 1.82) is 0 Å². The van der Waals surface area contributed by atoms with Crippen LogP contribution in [0.3, 0.4) is 0 Å². The number of anilines is 2. The van der Waals surface area contributed by atoms with Gasteiger partial charge in [0.15, 0.2) is 5.78 Å². The minimum Gasteiger partial charge on any atom is -0.465 e. The largest absolute Gasteiger partial charge is 0.465 e. The third-order valence-corrected chi connectivity index (χ3v) is 4.24. The predicted molar refractivity (Wildman–Crippen MR) is 80.4 cm³/mol. The van der Waals surface area contributed by atoms with Crippen molar-refractivity contribution in [2.24, 2.45) is 5.92 Å². The molecule has 0 aliphatic heterocycles. The SMILES string of the molecule is C=C(C)CNc1sc(C(=O)C2CC2)c(N)c1C(=O)OC. The quantitative estimate of drug-likeness (QED) is 0.479. The van der Waals surface area contributed by atoms with Crippen LogP contribution in [0.1, 0.15) is 39.8 Å². The Labute approximate surface area is 121 Å². The monoisotopic (exact) mass is 294 g/mol. The molecule has 6 heteroatoms. The molecule has 1 heterocycles. The van der Waals surface area contributed by atoms with Gasteiger partial charge in [-0.1, -0.05) is 12.2 Å². The fourth-order valence-corrected chi connectivity index (χ4v) is 2.94. The van der Waals surface area contributed by atoms with Crippen LogP contribution in [-0.2, 0) is 4.74 Å². The Kier molecular flexibility index (Phi) is 4.13. The number of ketones is 1. The molecule has 0 amide bonds. The van der Waals surface area contributed by atoms with Crippen LogP contribution in [0.25, 0.3) is 0 Å². The molecule has 0 atom stereocenters. The van der Waals surface area contributed by atoms with E-state index in [2.05, 4.69) is 11.9 Å². The van der Waals surface area contributed by atoms with Gasteiger partial charge in [0, 0.05) is 12.5 Å². The number of carbonyl (C=O) groups is 2. The molecule has 2 rings (SSSR count). The smallest absolute Gasteiger partial charge is 0.343 e. The third-order valence-electron chi connectivity index (χ3n) is 3.06. The van der Waals surface area contributed by atoms with E-state index in [4.69, 9.17) is 10.5 Å². The standard InChI is InChI=1S/C14H18N2O3S/c1-7(2)6-16-13-9(14(18)19-3)10(15)12(20-13)11(17)8-4-5-8/h8,16H,1,4-6,15H2,2-3H3. The molecular weight excluding hydrogens is 276 g/mol. The highest BCUT2D eigenvalue weighted by molar-refractivity contribution is 7.19. The summed E-state index contributed by atoms with van der Waals surface area (Å²) in [7, 11) is 1.30. The number of thiophene rings is 1. The maximum absolute atomic E-state index is 12.2. The van der Waals surface area contributed by atoms with Gasteiger partial charge in [0.05, 0.1) is 17.7 Å². The Balaban J connectivity index is 2.37. The van der Waals surface area contributed by atoms with Crippen molar-refractivity contribution < 1.29 is 14.3 Å². The lowest BCUT2D eigenvalue weighted by Gasteiger charge is -2.06. The average Bonchev–Trinajstić information content (AvgIpc) is 3.19. The summed E-state index contributed by atoms with van der Waals surface area (Å²) in [4.78, 5) is 24.5. The Morgan fingerprint density at radius 3 is 2.65 bits per heavy atom. The van der Waals surface area contributed by atoms with Gasteiger partial charge < -0.3 is 15.8 Å². The number of nitrogens with one attached hydrogen (secondary N) is 1. The molecule has 20 heavy (non-hydrogen) atoms. The fraction of sp³-hybridized carbons (Fsp3) is 0.429. The number of esters is 1. The van der Waals surface area contributed by atoms with E-state index >= 15 is 0 Å². The molecule has 3 N–H and O–H groups in total. The normalized spacial score (nSPS) is 13.9. The van der Waals surface area contributed by atoms with Gasteiger partial charge in [-0.15, -0.1) is 11.3 Å². The van der Waals surface area contributed by atoms with Crippen LogP contribution < -0.4 is 11.1 Å². The van der Waals surface area contributed by atoms with Crippen LogP contribution in [0.15, 0.2) is 12.2 Å².